The van der Waals surface area contributed by atoms with Gasteiger partial charge in [0.25, 0.3) is 0 Å². The number of nitrogens with zero attached hydrogens (tertiary/aromatic N) is 1. The van der Waals surface area contributed by atoms with Crippen molar-refractivity contribution in [2.24, 2.45) is 4.99 Å². The molecule has 4 heteroatoms. The van der Waals surface area contributed by atoms with Crippen LogP contribution in [0.25, 0.3) is 0 Å². The highest BCUT2D eigenvalue weighted by atomic mass is 32.1. The third-order valence-corrected chi connectivity index (χ3v) is 2.64. The lowest BCUT2D eigenvalue weighted by molar-refractivity contribution is 0.280. The zero-order valence-electron chi connectivity index (χ0n) is 7.57. The third kappa shape index (κ3) is 1.67. The fourth-order valence-corrected chi connectivity index (χ4v) is 1.84. The summed E-state index contributed by atoms with van der Waals surface area (Å²) >= 11 is 1.29. The van der Waals surface area contributed by atoms with Gasteiger partial charge in [0.05, 0.1) is 10.4 Å². The van der Waals surface area contributed by atoms with Crippen molar-refractivity contribution in [3.8, 4) is 5.06 Å². The van der Waals surface area contributed by atoms with E-state index in [9.17, 15) is 0 Å². The molecular formula is C9H11NO2S. The molecule has 0 bridgehead atoms. The van der Waals surface area contributed by atoms with Crippen molar-refractivity contribution < 1.29 is 9.84 Å². The van der Waals surface area contributed by atoms with Gasteiger partial charge in [0.1, 0.15) is 6.61 Å². The van der Waals surface area contributed by atoms with Crippen molar-refractivity contribution in [2.75, 3.05) is 6.61 Å². The van der Waals surface area contributed by atoms with Gasteiger partial charge >= 0.3 is 0 Å². The second kappa shape index (κ2) is 2.73. The van der Waals surface area contributed by atoms with Crippen LogP contribution in [0.1, 0.15) is 18.7 Å². The van der Waals surface area contributed by atoms with E-state index < -0.39 is 0 Å². The average molecular weight is 197 g/mol. The molecular weight excluding hydrogens is 186 g/mol. The first-order chi connectivity index (χ1) is 6.07. The van der Waals surface area contributed by atoms with Crippen LogP contribution in [0.3, 0.4) is 0 Å². The van der Waals surface area contributed by atoms with Crippen LogP contribution in [0.5, 0.6) is 5.06 Å². The van der Waals surface area contributed by atoms with E-state index in [0.717, 1.165) is 4.88 Å². The zero-order chi connectivity index (χ0) is 9.47. The Morgan fingerprint density at radius 1 is 1.54 bits per heavy atom. The number of ether oxygens (including phenoxy) is 1. The SMILES string of the molecule is CC1(C)COC(c2ccc(O)s2)=N1. The van der Waals surface area contributed by atoms with Gasteiger partial charge in [0, 0.05) is 0 Å². The molecule has 0 radical (unpaired) electrons. The molecule has 1 aromatic heterocycles. The predicted octanol–water partition coefficient (Wildman–Crippen LogP) is 2.01. The Labute approximate surface area is 80.7 Å². The van der Waals surface area contributed by atoms with E-state index >= 15 is 0 Å². The number of hydrogen-bond donors (Lipinski definition) is 1. The number of thiophene rings is 1. The summed E-state index contributed by atoms with van der Waals surface area (Å²) in [5.74, 6) is 0.648. The maximum absolute atomic E-state index is 9.15. The van der Waals surface area contributed by atoms with Crippen molar-refractivity contribution in [1.29, 1.82) is 0 Å². The molecule has 0 aromatic carbocycles. The average Bonchev–Trinajstić information content (AvgIpc) is 2.56. The van der Waals surface area contributed by atoms with Crippen LogP contribution < -0.4 is 0 Å². The number of aliphatic imine (C=N–C) groups is 1. The van der Waals surface area contributed by atoms with Gasteiger partial charge in [-0.15, -0.1) is 0 Å². The normalized spacial score (nSPS) is 19.7. The molecule has 2 rings (SSSR count). The molecule has 2 heterocycles. The summed E-state index contributed by atoms with van der Waals surface area (Å²) in [7, 11) is 0. The molecule has 1 aromatic rings. The molecule has 0 atom stereocenters. The predicted molar refractivity (Wildman–Crippen MR) is 52.6 cm³/mol. The lowest BCUT2D eigenvalue weighted by Crippen LogP contribution is -2.17. The fourth-order valence-electron chi connectivity index (χ4n) is 1.15. The molecule has 3 nitrogen and oxygen atoms in total. The number of hydrogen-bond acceptors (Lipinski definition) is 4. The summed E-state index contributed by atoms with van der Waals surface area (Å²) in [5.41, 5.74) is -0.130. The molecule has 70 valence electrons. The molecule has 1 aliphatic heterocycles. The first-order valence-electron chi connectivity index (χ1n) is 4.09. The largest absolute Gasteiger partial charge is 0.499 e. The summed E-state index contributed by atoms with van der Waals surface area (Å²) in [6.45, 7) is 4.65. The number of aromatic hydroxyl groups is 1. The van der Waals surface area contributed by atoms with E-state index in [2.05, 4.69) is 4.99 Å². The lowest BCUT2D eigenvalue weighted by atomic mass is 10.1. The van der Waals surface area contributed by atoms with Gasteiger partial charge in [0.15, 0.2) is 5.06 Å². The molecule has 0 saturated carbocycles. The van der Waals surface area contributed by atoms with Crippen molar-refractivity contribution in [2.45, 2.75) is 19.4 Å². The summed E-state index contributed by atoms with van der Waals surface area (Å²) in [6.07, 6.45) is 0. The monoisotopic (exact) mass is 197 g/mol. The van der Waals surface area contributed by atoms with Crippen LogP contribution in [-0.4, -0.2) is 23.2 Å². The molecule has 1 N–H and O–H groups in total. The van der Waals surface area contributed by atoms with Gasteiger partial charge in [-0.3, -0.25) is 0 Å². The van der Waals surface area contributed by atoms with Gasteiger partial charge < -0.3 is 9.84 Å². The van der Waals surface area contributed by atoms with Crippen molar-refractivity contribution in [3.05, 3.63) is 17.0 Å². The standard InChI is InChI=1S/C9H11NO2S/c1-9(2)5-12-8(10-9)6-3-4-7(11)13-6/h3-4,11H,5H2,1-2H3. The smallest absolute Gasteiger partial charge is 0.227 e. The quantitative estimate of drug-likeness (QED) is 0.748. The van der Waals surface area contributed by atoms with E-state index in [1.165, 1.54) is 11.3 Å². The minimum atomic E-state index is -0.130. The Morgan fingerprint density at radius 3 is 2.77 bits per heavy atom. The summed E-state index contributed by atoms with van der Waals surface area (Å²) < 4.78 is 5.42. The first kappa shape index (κ1) is 8.56. The van der Waals surface area contributed by atoms with Crippen LogP contribution in [0.4, 0.5) is 0 Å². The Kier molecular flexibility index (Phi) is 1.80. The van der Waals surface area contributed by atoms with E-state index in [4.69, 9.17) is 9.84 Å². The van der Waals surface area contributed by atoms with Gasteiger partial charge in [-0.2, -0.15) is 0 Å². The van der Waals surface area contributed by atoms with Crippen LogP contribution >= 0.6 is 11.3 Å². The second-order valence-corrected chi connectivity index (χ2v) is 4.72. The minimum Gasteiger partial charge on any atom is -0.499 e. The summed E-state index contributed by atoms with van der Waals surface area (Å²) in [6, 6.07) is 3.47. The van der Waals surface area contributed by atoms with E-state index in [1.54, 1.807) is 6.07 Å². The van der Waals surface area contributed by atoms with E-state index in [0.29, 0.717) is 17.6 Å². The van der Waals surface area contributed by atoms with Crippen molar-refractivity contribution in [3.63, 3.8) is 0 Å². The van der Waals surface area contributed by atoms with Gasteiger partial charge in [-0.05, 0) is 26.0 Å². The molecule has 0 saturated heterocycles. The third-order valence-electron chi connectivity index (χ3n) is 1.77. The Balaban J connectivity index is 2.29. The summed E-state index contributed by atoms with van der Waals surface area (Å²) in [5, 5.41) is 9.45. The number of rotatable bonds is 1. The van der Waals surface area contributed by atoms with Crippen LogP contribution in [-0.2, 0) is 4.74 Å². The van der Waals surface area contributed by atoms with Crippen LogP contribution in [0.15, 0.2) is 17.1 Å². The maximum atomic E-state index is 9.15. The molecule has 0 fully saturated rings. The molecule has 0 amide bonds. The van der Waals surface area contributed by atoms with Gasteiger partial charge in [0.2, 0.25) is 5.90 Å². The lowest BCUT2D eigenvalue weighted by Gasteiger charge is -2.07. The molecule has 0 spiro atoms. The Hall–Kier alpha value is -1.03. The van der Waals surface area contributed by atoms with E-state index in [-0.39, 0.29) is 5.54 Å². The van der Waals surface area contributed by atoms with Gasteiger partial charge in [-0.25, -0.2) is 4.99 Å². The first-order valence-corrected chi connectivity index (χ1v) is 4.90. The maximum Gasteiger partial charge on any atom is 0.227 e. The highest BCUT2D eigenvalue weighted by Crippen LogP contribution is 2.27. The Bertz CT molecular complexity index is 354. The minimum absolute atomic E-state index is 0.130. The topological polar surface area (TPSA) is 41.8 Å². The van der Waals surface area contributed by atoms with Crippen LogP contribution in [0.2, 0.25) is 0 Å². The van der Waals surface area contributed by atoms with E-state index in [1.807, 2.05) is 19.9 Å². The fraction of sp³-hybridized carbons (Fsp3) is 0.444. The zero-order valence-corrected chi connectivity index (χ0v) is 8.39. The highest BCUT2D eigenvalue weighted by Gasteiger charge is 2.27. The van der Waals surface area contributed by atoms with Gasteiger partial charge in [-0.1, -0.05) is 11.3 Å². The molecule has 0 unspecified atom stereocenters. The second-order valence-electron chi connectivity index (χ2n) is 3.66. The van der Waals surface area contributed by atoms with Crippen LogP contribution in [0, 0.1) is 0 Å². The molecule has 0 aliphatic carbocycles. The summed E-state index contributed by atoms with van der Waals surface area (Å²) in [4.78, 5) is 5.29. The van der Waals surface area contributed by atoms with Crippen molar-refractivity contribution >= 4 is 17.2 Å². The highest BCUT2D eigenvalue weighted by molar-refractivity contribution is 7.15. The Morgan fingerprint density at radius 2 is 2.31 bits per heavy atom. The molecule has 1 aliphatic rings. The molecule has 13 heavy (non-hydrogen) atoms. The van der Waals surface area contributed by atoms with Crippen molar-refractivity contribution in [1.82, 2.24) is 0 Å².